The minimum atomic E-state index is -0.570. The van der Waals surface area contributed by atoms with Crippen LogP contribution in [0, 0.1) is 27.4 Å². The van der Waals surface area contributed by atoms with Crippen LogP contribution < -0.4 is 4.90 Å². The fourth-order valence-electron chi connectivity index (χ4n) is 2.26. The Bertz CT molecular complexity index is 534. The Labute approximate surface area is 110 Å². The molecule has 0 aliphatic heterocycles. The Morgan fingerprint density at radius 1 is 1.68 bits per heavy atom. The van der Waals surface area contributed by atoms with Crippen molar-refractivity contribution < 1.29 is 10.0 Å². The highest BCUT2D eigenvalue weighted by Gasteiger charge is 2.29. The number of anilines is 1. The first-order valence-electron chi connectivity index (χ1n) is 5.95. The third kappa shape index (κ3) is 2.80. The van der Waals surface area contributed by atoms with Crippen molar-refractivity contribution in [3.05, 3.63) is 27.9 Å². The summed E-state index contributed by atoms with van der Waals surface area (Å²) < 4.78 is 0. The average Bonchev–Trinajstić information content (AvgIpc) is 2.35. The van der Waals surface area contributed by atoms with Gasteiger partial charge in [-0.15, -0.1) is 0 Å². The summed E-state index contributed by atoms with van der Waals surface area (Å²) in [6.45, 7) is 0.677. The van der Waals surface area contributed by atoms with E-state index in [1.165, 1.54) is 6.07 Å². The minimum absolute atomic E-state index is 0.187. The van der Waals surface area contributed by atoms with Crippen LogP contribution in [-0.2, 0) is 0 Å². The molecule has 0 radical (unpaired) electrons. The SMILES string of the molecule is CN(CC1CC(O)C1)c1ncc([N+](=O)[O-])cc1C#N. The fourth-order valence-corrected chi connectivity index (χ4v) is 2.26. The third-order valence-corrected chi connectivity index (χ3v) is 3.29. The van der Waals surface area contributed by atoms with Gasteiger partial charge >= 0.3 is 0 Å². The molecule has 0 amide bonds. The quantitative estimate of drug-likeness (QED) is 0.643. The van der Waals surface area contributed by atoms with E-state index in [1.54, 1.807) is 11.9 Å². The third-order valence-electron chi connectivity index (χ3n) is 3.29. The second-order valence-corrected chi connectivity index (χ2v) is 4.81. The number of pyridine rings is 1. The molecule has 1 heterocycles. The van der Waals surface area contributed by atoms with E-state index in [9.17, 15) is 15.2 Å². The molecule has 1 aliphatic rings. The van der Waals surface area contributed by atoms with E-state index in [0.29, 0.717) is 18.3 Å². The fraction of sp³-hybridized carbons (Fsp3) is 0.500. The van der Waals surface area contributed by atoms with Gasteiger partial charge in [-0.2, -0.15) is 5.26 Å². The number of nitrogens with zero attached hydrogens (tertiary/aromatic N) is 4. The molecular weight excluding hydrogens is 248 g/mol. The predicted octanol–water partition coefficient (Wildman–Crippen LogP) is 1.07. The molecule has 1 N–H and O–H groups in total. The smallest absolute Gasteiger partial charge is 0.289 e. The summed E-state index contributed by atoms with van der Waals surface area (Å²) in [6, 6.07) is 3.16. The molecule has 0 bridgehead atoms. The molecule has 0 saturated heterocycles. The topological polar surface area (TPSA) is 103 Å². The molecule has 2 rings (SSSR count). The first-order valence-corrected chi connectivity index (χ1v) is 5.95. The Morgan fingerprint density at radius 2 is 2.37 bits per heavy atom. The van der Waals surface area contributed by atoms with Gasteiger partial charge in [-0.3, -0.25) is 10.1 Å². The zero-order valence-corrected chi connectivity index (χ0v) is 10.5. The molecule has 0 aromatic carbocycles. The van der Waals surface area contributed by atoms with E-state index in [-0.39, 0.29) is 17.4 Å². The van der Waals surface area contributed by atoms with Crippen molar-refractivity contribution in [1.29, 1.82) is 5.26 Å². The first kappa shape index (κ1) is 13.2. The van der Waals surface area contributed by atoms with Crippen LogP contribution in [0.1, 0.15) is 18.4 Å². The first-order chi connectivity index (χ1) is 9.01. The standard InChI is InChI=1S/C12H14N4O3/c1-15(7-8-2-11(17)3-8)12-9(5-13)4-10(6-14-12)16(18)19/h4,6,8,11,17H,2-3,7H2,1H3. The summed E-state index contributed by atoms with van der Waals surface area (Å²) in [4.78, 5) is 15.9. The molecule has 19 heavy (non-hydrogen) atoms. The molecule has 1 saturated carbocycles. The van der Waals surface area contributed by atoms with Crippen LogP contribution in [0.3, 0.4) is 0 Å². The van der Waals surface area contributed by atoms with Crippen LogP contribution in [0.5, 0.6) is 0 Å². The zero-order chi connectivity index (χ0) is 14.0. The summed E-state index contributed by atoms with van der Waals surface area (Å²) in [7, 11) is 1.79. The Balaban J connectivity index is 2.15. The van der Waals surface area contributed by atoms with Gasteiger partial charge in [0, 0.05) is 19.7 Å². The summed E-state index contributed by atoms with van der Waals surface area (Å²) >= 11 is 0. The number of rotatable bonds is 4. The van der Waals surface area contributed by atoms with Crippen LogP contribution >= 0.6 is 0 Å². The van der Waals surface area contributed by atoms with Crippen molar-refractivity contribution in [3.63, 3.8) is 0 Å². The van der Waals surface area contributed by atoms with E-state index in [2.05, 4.69) is 4.98 Å². The molecule has 7 nitrogen and oxygen atoms in total. The molecule has 0 unspecified atom stereocenters. The number of hydrogen-bond acceptors (Lipinski definition) is 6. The Kier molecular flexibility index (Phi) is 3.62. The summed E-state index contributed by atoms with van der Waals surface area (Å²) in [5.74, 6) is 0.818. The zero-order valence-electron chi connectivity index (χ0n) is 10.5. The Morgan fingerprint density at radius 3 is 2.89 bits per heavy atom. The lowest BCUT2D eigenvalue weighted by Gasteiger charge is -2.34. The van der Waals surface area contributed by atoms with Gasteiger partial charge in [0.1, 0.15) is 23.6 Å². The minimum Gasteiger partial charge on any atom is -0.393 e. The normalized spacial score (nSPS) is 21.3. The maximum Gasteiger partial charge on any atom is 0.289 e. The van der Waals surface area contributed by atoms with Gasteiger partial charge in [-0.1, -0.05) is 0 Å². The van der Waals surface area contributed by atoms with Crippen LogP contribution in [0.2, 0.25) is 0 Å². The number of aliphatic hydroxyl groups is 1. The van der Waals surface area contributed by atoms with Gasteiger partial charge < -0.3 is 10.0 Å². The van der Waals surface area contributed by atoms with E-state index in [4.69, 9.17) is 5.26 Å². The molecular formula is C12H14N4O3. The predicted molar refractivity (Wildman–Crippen MR) is 67.6 cm³/mol. The molecule has 1 aromatic heterocycles. The molecule has 1 fully saturated rings. The Hall–Kier alpha value is -2.20. The van der Waals surface area contributed by atoms with Crippen LogP contribution in [-0.4, -0.2) is 34.7 Å². The summed E-state index contributed by atoms with van der Waals surface area (Å²) in [5.41, 5.74) is 0.00402. The highest BCUT2D eigenvalue weighted by molar-refractivity contribution is 5.56. The molecule has 7 heteroatoms. The highest BCUT2D eigenvalue weighted by Crippen LogP contribution is 2.29. The van der Waals surface area contributed by atoms with E-state index in [1.807, 2.05) is 6.07 Å². The van der Waals surface area contributed by atoms with Crippen molar-refractivity contribution in [2.24, 2.45) is 5.92 Å². The highest BCUT2D eigenvalue weighted by atomic mass is 16.6. The summed E-state index contributed by atoms with van der Waals surface area (Å²) in [6.07, 6.45) is 2.43. The van der Waals surface area contributed by atoms with Crippen LogP contribution in [0.25, 0.3) is 0 Å². The van der Waals surface area contributed by atoms with Gasteiger partial charge in [0.05, 0.1) is 11.0 Å². The number of aliphatic hydroxyl groups excluding tert-OH is 1. The van der Waals surface area contributed by atoms with Gasteiger partial charge in [0.2, 0.25) is 0 Å². The molecule has 1 aromatic rings. The molecule has 0 atom stereocenters. The van der Waals surface area contributed by atoms with E-state index >= 15 is 0 Å². The lowest BCUT2D eigenvalue weighted by molar-refractivity contribution is -0.385. The number of nitro groups is 1. The molecule has 1 aliphatic carbocycles. The number of nitriles is 1. The van der Waals surface area contributed by atoms with Crippen LogP contribution in [0.4, 0.5) is 11.5 Å². The maximum absolute atomic E-state index is 10.6. The second kappa shape index (κ2) is 5.20. The largest absolute Gasteiger partial charge is 0.393 e. The van der Waals surface area contributed by atoms with Crippen LogP contribution in [0.15, 0.2) is 12.3 Å². The van der Waals surface area contributed by atoms with Crippen molar-refractivity contribution in [1.82, 2.24) is 4.98 Å². The van der Waals surface area contributed by atoms with Gasteiger partial charge in [-0.05, 0) is 18.8 Å². The maximum atomic E-state index is 10.6. The van der Waals surface area contributed by atoms with Crippen molar-refractivity contribution >= 4 is 11.5 Å². The van der Waals surface area contributed by atoms with E-state index in [0.717, 1.165) is 19.0 Å². The van der Waals surface area contributed by atoms with Crippen molar-refractivity contribution in [3.8, 4) is 6.07 Å². The summed E-state index contributed by atoms with van der Waals surface area (Å²) in [5, 5.41) is 28.9. The molecule has 0 spiro atoms. The molecule has 100 valence electrons. The lowest BCUT2D eigenvalue weighted by Crippen LogP contribution is -2.37. The number of hydrogen-bond donors (Lipinski definition) is 1. The van der Waals surface area contributed by atoms with E-state index < -0.39 is 4.92 Å². The van der Waals surface area contributed by atoms with Crippen molar-refractivity contribution in [2.75, 3.05) is 18.5 Å². The lowest BCUT2D eigenvalue weighted by atomic mass is 9.82. The second-order valence-electron chi connectivity index (χ2n) is 4.81. The van der Waals surface area contributed by atoms with Crippen molar-refractivity contribution in [2.45, 2.75) is 18.9 Å². The number of aromatic nitrogens is 1. The van der Waals surface area contributed by atoms with Gasteiger partial charge in [0.25, 0.3) is 5.69 Å². The average molecular weight is 262 g/mol. The van der Waals surface area contributed by atoms with Gasteiger partial charge in [0.15, 0.2) is 0 Å². The van der Waals surface area contributed by atoms with Gasteiger partial charge in [-0.25, -0.2) is 4.98 Å². The monoisotopic (exact) mass is 262 g/mol.